The van der Waals surface area contributed by atoms with Gasteiger partial charge in [0.2, 0.25) is 5.88 Å². The van der Waals surface area contributed by atoms with Gasteiger partial charge in [-0.15, -0.1) is 5.10 Å². The molecular weight excluding hydrogens is 315 g/mol. The number of hydrogen-bond acceptors (Lipinski definition) is 5. The first-order chi connectivity index (χ1) is 11.5. The first kappa shape index (κ1) is 15.7. The number of halogens is 1. The lowest BCUT2D eigenvalue weighted by atomic mass is 10.1. The third-order valence-electron chi connectivity index (χ3n) is 3.58. The largest absolute Gasteiger partial charge is 0.471 e. The molecule has 0 aliphatic carbocycles. The van der Waals surface area contributed by atoms with Crippen molar-refractivity contribution in [3.8, 4) is 17.1 Å². The highest BCUT2D eigenvalue weighted by Crippen LogP contribution is 2.26. The van der Waals surface area contributed by atoms with Gasteiger partial charge >= 0.3 is 0 Å². The van der Waals surface area contributed by atoms with Gasteiger partial charge in [0.1, 0.15) is 29.6 Å². The van der Waals surface area contributed by atoms with Crippen molar-refractivity contribution in [2.45, 2.75) is 13.5 Å². The monoisotopic (exact) mass is 330 g/mol. The van der Waals surface area contributed by atoms with Crippen LogP contribution in [0.2, 0.25) is 0 Å². The molecule has 8 heteroatoms. The molecule has 0 saturated carbocycles. The maximum absolute atomic E-state index is 13.1. The Hall–Kier alpha value is -3.16. The van der Waals surface area contributed by atoms with Crippen LogP contribution >= 0.6 is 0 Å². The van der Waals surface area contributed by atoms with Crippen molar-refractivity contribution in [1.82, 2.24) is 14.9 Å². The fourth-order valence-corrected chi connectivity index (χ4v) is 2.28. The second-order valence-electron chi connectivity index (χ2n) is 5.22. The lowest BCUT2D eigenvalue weighted by Gasteiger charge is -2.04. The van der Waals surface area contributed by atoms with Crippen LogP contribution in [0, 0.1) is 12.7 Å². The summed E-state index contributed by atoms with van der Waals surface area (Å²) < 4.78 is 25.2. The van der Waals surface area contributed by atoms with Crippen molar-refractivity contribution >= 4 is 5.91 Å². The summed E-state index contributed by atoms with van der Waals surface area (Å²) in [5.41, 5.74) is 7.48. The lowest BCUT2D eigenvalue weighted by molar-refractivity contribution is 0.0991. The molecule has 1 amide bonds. The zero-order valence-corrected chi connectivity index (χ0v) is 13.1. The smallest absolute Gasteiger partial charge is 0.267 e. The Morgan fingerprint density at radius 2 is 2.08 bits per heavy atom. The number of aromatic nitrogens is 3. The maximum atomic E-state index is 13.1. The first-order valence-electron chi connectivity index (χ1n) is 7.13. The lowest BCUT2D eigenvalue weighted by Crippen LogP contribution is -2.15. The van der Waals surface area contributed by atoms with E-state index in [1.165, 1.54) is 22.9 Å². The van der Waals surface area contributed by atoms with Gasteiger partial charge in [0, 0.05) is 18.7 Å². The molecule has 0 aliphatic heterocycles. The summed E-state index contributed by atoms with van der Waals surface area (Å²) in [6.45, 7) is 1.89. The summed E-state index contributed by atoms with van der Waals surface area (Å²) in [7, 11) is 1.60. The molecule has 7 nitrogen and oxygen atoms in total. The standard InChI is InChI=1S/C16H15FN4O3/c1-9-12(8-23-14-7-13(16(18)22)21(2)19-14)15(20-24-9)10-3-5-11(17)6-4-10/h3-7H,8H2,1-2H3,(H2,18,22). The molecular formula is C16H15FN4O3. The highest BCUT2D eigenvalue weighted by Gasteiger charge is 2.17. The van der Waals surface area contributed by atoms with Crippen LogP contribution in [0.4, 0.5) is 4.39 Å². The fraction of sp³-hybridized carbons (Fsp3) is 0.188. The Labute approximate surface area is 136 Å². The third-order valence-corrected chi connectivity index (χ3v) is 3.58. The van der Waals surface area contributed by atoms with Crippen LogP contribution in [0.1, 0.15) is 21.8 Å². The Morgan fingerprint density at radius 3 is 2.71 bits per heavy atom. The van der Waals surface area contributed by atoms with Crippen molar-refractivity contribution in [1.29, 1.82) is 0 Å². The average molecular weight is 330 g/mol. The molecule has 2 aromatic heterocycles. The minimum absolute atomic E-state index is 0.136. The van der Waals surface area contributed by atoms with Gasteiger partial charge in [0.05, 0.1) is 5.56 Å². The third kappa shape index (κ3) is 2.98. The number of aryl methyl sites for hydroxylation is 2. The normalized spacial score (nSPS) is 10.8. The van der Waals surface area contributed by atoms with Crippen molar-refractivity contribution in [3.63, 3.8) is 0 Å². The van der Waals surface area contributed by atoms with Gasteiger partial charge in [-0.3, -0.25) is 9.48 Å². The van der Waals surface area contributed by atoms with Crippen LogP contribution in [0.3, 0.4) is 0 Å². The molecule has 0 radical (unpaired) electrons. The molecule has 0 saturated heterocycles. The van der Waals surface area contributed by atoms with E-state index in [1.54, 1.807) is 26.1 Å². The predicted octanol–water partition coefficient (Wildman–Crippen LogP) is 2.20. The van der Waals surface area contributed by atoms with E-state index >= 15 is 0 Å². The summed E-state index contributed by atoms with van der Waals surface area (Å²) in [5, 5.41) is 8.07. The number of benzene rings is 1. The minimum Gasteiger partial charge on any atom is -0.471 e. The maximum Gasteiger partial charge on any atom is 0.267 e. The van der Waals surface area contributed by atoms with Crippen LogP contribution in [0.5, 0.6) is 5.88 Å². The molecule has 0 spiro atoms. The van der Waals surface area contributed by atoms with Gasteiger partial charge in [-0.1, -0.05) is 5.16 Å². The Balaban J connectivity index is 1.83. The van der Waals surface area contributed by atoms with Crippen molar-refractivity contribution in [2.75, 3.05) is 0 Å². The van der Waals surface area contributed by atoms with Crippen LogP contribution in [0.15, 0.2) is 34.9 Å². The molecule has 24 heavy (non-hydrogen) atoms. The number of nitrogens with two attached hydrogens (primary N) is 1. The highest BCUT2D eigenvalue weighted by atomic mass is 19.1. The molecule has 0 fully saturated rings. The molecule has 2 N–H and O–H groups in total. The number of hydrogen-bond donors (Lipinski definition) is 1. The number of carbonyl (C=O) groups is 1. The van der Waals surface area contributed by atoms with Crippen molar-refractivity contribution in [3.05, 3.63) is 53.2 Å². The van der Waals surface area contributed by atoms with Crippen LogP contribution in [-0.2, 0) is 13.7 Å². The first-order valence-corrected chi connectivity index (χ1v) is 7.13. The molecule has 3 aromatic rings. The fourth-order valence-electron chi connectivity index (χ4n) is 2.28. The zero-order chi connectivity index (χ0) is 17.3. The van der Waals surface area contributed by atoms with Crippen molar-refractivity contribution < 1.29 is 18.4 Å². The molecule has 0 unspecified atom stereocenters. The topological polar surface area (TPSA) is 96.2 Å². The van der Waals surface area contributed by atoms with Crippen molar-refractivity contribution in [2.24, 2.45) is 12.8 Å². The number of primary amides is 1. The minimum atomic E-state index is -0.590. The Kier molecular flexibility index (Phi) is 4.03. The molecule has 2 heterocycles. The van der Waals surface area contributed by atoms with E-state index in [0.717, 1.165) is 0 Å². The zero-order valence-electron chi connectivity index (χ0n) is 13.1. The van der Waals surface area contributed by atoms with Gasteiger partial charge in [-0.2, -0.15) is 0 Å². The average Bonchev–Trinajstić information content (AvgIpc) is 3.09. The second-order valence-corrected chi connectivity index (χ2v) is 5.22. The van der Waals surface area contributed by atoms with Crippen LogP contribution < -0.4 is 10.5 Å². The molecule has 124 valence electrons. The Morgan fingerprint density at radius 1 is 1.38 bits per heavy atom. The second kappa shape index (κ2) is 6.15. The van der Waals surface area contributed by atoms with E-state index in [1.807, 2.05) is 0 Å². The van der Waals surface area contributed by atoms with E-state index in [0.29, 0.717) is 22.6 Å². The number of carbonyl (C=O) groups excluding carboxylic acids is 1. The number of ether oxygens (including phenoxy) is 1. The number of rotatable bonds is 5. The molecule has 3 rings (SSSR count). The van der Waals surface area contributed by atoms with Gasteiger partial charge in [-0.25, -0.2) is 4.39 Å². The van der Waals surface area contributed by atoms with E-state index in [4.69, 9.17) is 15.0 Å². The highest BCUT2D eigenvalue weighted by molar-refractivity contribution is 5.91. The van der Waals surface area contributed by atoms with E-state index in [-0.39, 0.29) is 24.0 Å². The summed E-state index contributed by atoms with van der Waals surface area (Å²) in [5.74, 6) is -0.0745. The van der Waals surface area contributed by atoms with Crippen LogP contribution in [-0.4, -0.2) is 20.8 Å². The van der Waals surface area contributed by atoms with E-state index in [9.17, 15) is 9.18 Å². The molecule has 1 aromatic carbocycles. The quantitative estimate of drug-likeness (QED) is 0.773. The van der Waals surface area contributed by atoms with Gasteiger partial charge in [0.25, 0.3) is 5.91 Å². The summed E-state index contributed by atoms with van der Waals surface area (Å²) in [6.07, 6.45) is 0. The van der Waals surface area contributed by atoms with Gasteiger partial charge < -0.3 is 15.0 Å². The van der Waals surface area contributed by atoms with Crippen LogP contribution in [0.25, 0.3) is 11.3 Å². The van der Waals surface area contributed by atoms with E-state index < -0.39 is 5.91 Å². The van der Waals surface area contributed by atoms with Gasteiger partial charge in [0.15, 0.2) is 0 Å². The molecule has 0 aliphatic rings. The molecule has 0 bridgehead atoms. The number of nitrogens with zero attached hydrogens (tertiary/aromatic N) is 3. The summed E-state index contributed by atoms with van der Waals surface area (Å²) >= 11 is 0. The van der Waals surface area contributed by atoms with Gasteiger partial charge in [-0.05, 0) is 31.2 Å². The Bertz CT molecular complexity index is 883. The summed E-state index contributed by atoms with van der Waals surface area (Å²) in [4.78, 5) is 11.2. The SMILES string of the molecule is Cc1onc(-c2ccc(F)cc2)c1COc1cc(C(N)=O)n(C)n1. The summed E-state index contributed by atoms with van der Waals surface area (Å²) in [6, 6.07) is 7.39. The molecule has 0 atom stereocenters. The number of amides is 1. The van der Waals surface area contributed by atoms with E-state index in [2.05, 4.69) is 10.3 Å². The predicted molar refractivity (Wildman–Crippen MR) is 82.7 cm³/mol.